The molecule has 2 rings (SSSR count). The van der Waals surface area contributed by atoms with Gasteiger partial charge in [0.15, 0.2) is 0 Å². The Labute approximate surface area is 88.4 Å². The summed E-state index contributed by atoms with van der Waals surface area (Å²) in [6.45, 7) is 6.28. The molecule has 0 saturated heterocycles. The highest BCUT2D eigenvalue weighted by molar-refractivity contribution is 5.30. The van der Waals surface area contributed by atoms with E-state index in [4.69, 9.17) is 0 Å². The van der Waals surface area contributed by atoms with Crippen LogP contribution in [-0.2, 0) is 5.41 Å². The Balaban J connectivity index is 0.000000461. The van der Waals surface area contributed by atoms with Crippen LogP contribution in [0.1, 0.15) is 52.0 Å². The molecule has 0 heterocycles. The molecule has 1 fully saturated rings. The van der Waals surface area contributed by atoms with Gasteiger partial charge in [0, 0.05) is 0 Å². The van der Waals surface area contributed by atoms with Gasteiger partial charge in [0.25, 0.3) is 0 Å². The summed E-state index contributed by atoms with van der Waals surface area (Å²) in [5.74, 6) is 0. The second-order valence-corrected chi connectivity index (χ2v) is 3.90. The van der Waals surface area contributed by atoms with Gasteiger partial charge in [-0.25, -0.2) is 0 Å². The highest BCUT2D eigenvalue weighted by Crippen LogP contribution is 2.51. The van der Waals surface area contributed by atoms with Crippen molar-refractivity contribution >= 4 is 0 Å². The maximum Gasteiger partial charge on any atom is -0.00464 e. The van der Waals surface area contributed by atoms with Gasteiger partial charge < -0.3 is 0 Å². The topological polar surface area (TPSA) is 0 Å². The van der Waals surface area contributed by atoms with Crippen LogP contribution in [0.3, 0.4) is 0 Å². The summed E-state index contributed by atoms with van der Waals surface area (Å²) in [7, 11) is 0. The Hall–Kier alpha value is -0.780. The molecule has 0 bridgehead atoms. The summed E-state index contributed by atoms with van der Waals surface area (Å²) in [4.78, 5) is 0. The lowest BCUT2D eigenvalue weighted by Crippen LogP contribution is -2.04. The molecule has 0 unspecified atom stereocenters. The molecule has 0 aliphatic heterocycles. The number of hydrogen-bond acceptors (Lipinski definition) is 0. The van der Waals surface area contributed by atoms with E-state index in [1.165, 1.54) is 25.7 Å². The quantitative estimate of drug-likeness (QED) is 0.656. The Morgan fingerprint density at radius 2 is 1.64 bits per heavy atom. The van der Waals surface area contributed by atoms with Gasteiger partial charge in [-0.05, 0) is 30.2 Å². The Bertz CT molecular complexity index is 244. The number of hydrogen-bond donors (Lipinski definition) is 0. The molecule has 0 atom stereocenters. The van der Waals surface area contributed by atoms with E-state index in [9.17, 15) is 0 Å². The second kappa shape index (κ2) is 5.19. The second-order valence-electron chi connectivity index (χ2n) is 3.90. The van der Waals surface area contributed by atoms with E-state index in [0.717, 1.165) is 0 Å². The highest BCUT2D eigenvalue weighted by atomic mass is 14.5. The number of rotatable bonds is 3. The molecule has 1 aromatic carbocycles. The van der Waals surface area contributed by atoms with E-state index in [1.54, 1.807) is 5.56 Å². The third-order valence-corrected chi connectivity index (χ3v) is 2.97. The molecule has 0 heteroatoms. The SMILES string of the molecule is CC.CCCC1(c2ccccc2)CC1. The molecule has 1 saturated carbocycles. The zero-order valence-electron chi connectivity index (χ0n) is 9.72. The van der Waals surface area contributed by atoms with E-state index in [0.29, 0.717) is 5.41 Å². The maximum absolute atomic E-state index is 2.28. The van der Waals surface area contributed by atoms with Crippen LogP contribution in [-0.4, -0.2) is 0 Å². The minimum Gasteiger partial charge on any atom is -0.0683 e. The van der Waals surface area contributed by atoms with Gasteiger partial charge in [0.2, 0.25) is 0 Å². The first-order valence-corrected chi connectivity index (χ1v) is 5.93. The maximum atomic E-state index is 2.28. The molecule has 78 valence electrons. The van der Waals surface area contributed by atoms with Crippen LogP contribution >= 0.6 is 0 Å². The van der Waals surface area contributed by atoms with Gasteiger partial charge in [-0.1, -0.05) is 57.5 Å². The molecule has 0 radical (unpaired) electrons. The molecule has 0 nitrogen and oxygen atoms in total. The minimum absolute atomic E-state index is 0.593. The fourth-order valence-electron chi connectivity index (χ4n) is 2.10. The Kier molecular flexibility index (Phi) is 4.19. The van der Waals surface area contributed by atoms with Crippen LogP contribution in [0.25, 0.3) is 0 Å². The molecule has 1 aliphatic carbocycles. The van der Waals surface area contributed by atoms with Crippen LogP contribution < -0.4 is 0 Å². The van der Waals surface area contributed by atoms with E-state index in [-0.39, 0.29) is 0 Å². The first-order valence-electron chi connectivity index (χ1n) is 5.93. The van der Waals surface area contributed by atoms with Crippen molar-refractivity contribution in [2.75, 3.05) is 0 Å². The van der Waals surface area contributed by atoms with Gasteiger partial charge in [-0.3, -0.25) is 0 Å². The summed E-state index contributed by atoms with van der Waals surface area (Å²) in [6, 6.07) is 11.0. The highest BCUT2D eigenvalue weighted by Gasteiger charge is 2.42. The van der Waals surface area contributed by atoms with Crippen LogP contribution in [0.2, 0.25) is 0 Å². The lowest BCUT2D eigenvalue weighted by atomic mass is 9.91. The largest absolute Gasteiger partial charge is 0.0683 e. The summed E-state index contributed by atoms with van der Waals surface area (Å²) in [5, 5.41) is 0. The van der Waals surface area contributed by atoms with Crippen molar-refractivity contribution in [2.24, 2.45) is 0 Å². The van der Waals surface area contributed by atoms with Crippen molar-refractivity contribution in [1.82, 2.24) is 0 Å². The first kappa shape index (κ1) is 11.3. The van der Waals surface area contributed by atoms with Crippen molar-refractivity contribution in [1.29, 1.82) is 0 Å². The molecular formula is C14H22. The molecule has 1 aromatic rings. The molecule has 0 amide bonds. The average molecular weight is 190 g/mol. The monoisotopic (exact) mass is 190 g/mol. The predicted octanol–water partition coefficient (Wildman–Crippen LogP) is 4.54. The van der Waals surface area contributed by atoms with Gasteiger partial charge in [0.05, 0.1) is 0 Å². The van der Waals surface area contributed by atoms with E-state index in [2.05, 4.69) is 37.3 Å². The van der Waals surface area contributed by atoms with E-state index in [1.807, 2.05) is 13.8 Å². The normalized spacial score (nSPS) is 16.8. The fourth-order valence-corrected chi connectivity index (χ4v) is 2.10. The average Bonchev–Trinajstić information content (AvgIpc) is 3.04. The molecule has 0 aromatic heterocycles. The lowest BCUT2D eigenvalue weighted by molar-refractivity contribution is 0.607. The minimum atomic E-state index is 0.593. The van der Waals surface area contributed by atoms with Crippen molar-refractivity contribution < 1.29 is 0 Å². The molecular weight excluding hydrogens is 168 g/mol. The summed E-state index contributed by atoms with van der Waals surface area (Å²) < 4.78 is 0. The predicted molar refractivity (Wildman–Crippen MR) is 63.6 cm³/mol. The van der Waals surface area contributed by atoms with Crippen LogP contribution in [0.15, 0.2) is 30.3 Å². The van der Waals surface area contributed by atoms with Gasteiger partial charge >= 0.3 is 0 Å². The molecule has 0 spiro atoms. The summed E-state index contributed by atoms with van der Waals surface area (Å²) in [5.41, 5.74) is 2.16. The first-order chi connectivity index (χ1) is 6.87. The summed E-state index contributed by atoms with van der Waals surface area (Å²) in [6.07, 6.45) is 5.50. The van der Waals surface area contributed by atoms with Crippen LogP contribution in [0.4, 0.5) is 0 Å². The zero-order chi connectivity index (χ0) is 10.4. The van der Waals surface area contributed by atoms with Gasteiger partial charge in [-0.2, -0.15) is 0 Å². The van der Waals surface area contributed by atoms with Gasteiger partial charge in [0.1, 0.15) is 0 Å². The van der Waals surface area contributed by atoms with Crippen molar-refractivity contribution in [3.8, 4) is 0 Å². The zero-order valence-corrected chi connectivity index (χ0v) is 9.72. The number of benzene rings is 1. The van der Waals surface area contributed by atoms with E-state index < -0.39 is 0 Å². The third-order valence-electron chi connectivity index (χ3n) is 2.97. The standard InChI is InChI=1S/C12H16.C2H6/c1-2-8-12(9-10-12)11-6-4-3-5-7-11;1-2/h3-7H,2,8-10H2,1H3;1-2H3. The van der Waals surface area contributed by atoms with Crippen LogP contribution in [0, 0.1) is 0 Å². The summed E-state index contributed by atoms with van der Waals surface area (Å²) >= 11 is 0. The van der Waals surface area contributed by atoms with Crippen molar-refractivity contribution in [3.63, 3.8) is 0 Å². The Morgan fingerprint density at radius 1 is 1.07 bits per heavy atom. The van der Waals surface area contributed by atoms with Crippen molar-refractivity contribution in [2.45, 2.75) is 51.9 Å². The van der Waals surface area contributed by atoms with E-state index >= 15 is 0 Å². The van der Waals surface area contributed by atoms with Crippen molar-refractivity contribution in [3.05, 3.63) is 35.9 Å². The molecule has 1 aliphatic rings. The lowest BCUT2D eigenvalue weighted by Gasteiger charge is -2.13. The van der Waals surface area contributed by atoms with Gasteiger partial charge in [-0.15, -0.1) is 0 Å². The smallest absolute Gasteiger partial charge is 0.00464 e. The molecule has 14 heavy (non-hydrogen) atoms. The van der Waals surface area contributed by atoms with Crippen LogP contribution in [0.5, 0.6) is 0 Å². The Morgan fingerprint density at radius 3 is 2.07 bits per heavy atom. The molecule has 0 N–H and O–H groups in total. The third kappa shape index (κ3) is 2.37. The fraction of sp³-hybridized carbons (Fsp3) is 0.571.